The predicted molar refractivity (Wildman–Crippen MR) is 83.0 cm³/mol. The quantitative estimate of drug-likeness (QED) is 0.680. The van der Waals surface area contributed by atoms with Crippen LogP contribution in [-0.4, -0.2) is 37.2 Å². The van der Waals surface area contributed by atoms with Crippen LogP contribution in [0.1, 0.15) is 36.5 Å². The van der Waals surface area contributed by atoms with E-state index in [4.69, 9.17) is 26.2 Å². The smallest absolute Gasteiger partial charge is 0.303 e. The summed E-state index contributed by atoms with van der Waals surface area (Å²) in [7, 11) is 1.47. The van der Waals surface area contributed by atoms with Gasteiger partial charge in [0.25, 0.3) is 5.91 Å². The molecule has 0 unspecified atom stereocenters. The summed E-state index contributed by atoms with van der Waals surface area (Å²) < 4.78 is 10.7. The Hall–Kier alpha value is -1.95. The van der Waals surface area contributed by atoms with Crippen LogP contribution in [-0.2, 0) is 4.79 Å². The van der Waals surface area contributed by atoms with Crippen molar-refractivity contribution in [2.24, 2.45) is 0 Å². The van der Waals surface area contributed by atoms with Crippen LogP contribution in [0.3, 0.4) is 0 Å². The highest BCUT2D eigenvalue weighted by Crippen LogP contribution is 2.36. The van der Waals surface area contributed by atoms with Crippen molar-refractivity contribution in [3.05, 3.63) is 22.7 Å². The van der Waals surface area contributed by atoms with Crippen LogP contribution in [0, 0.1) is 0 Å². The van der Waals surface area contributed by atoms with Crippen LogP contribution < -0.4 is 14.8 Å². The molecule has 1 rings (SSSR count). The minimum atomic E-state index is -0.892. The molecule has 0 heterocycles. The number of methoxy groups -OCH3 is 1. The number of hydrogen-bond acceptors (Lipinski definition) is 4. The summed E-state index contributed by atoms with van der Waals surface area (Å²) in [5, 5.41) is 11.5. The summed E-state index contributed by atoms with van der Waals surface area (Å²) in [6, 6.07) is 3.05. The molecule has 22 heavy (non-hydrogen) atoms. The number of nitrogens with one attached hydrogen (secondary N) is 1. The third-order valence-corrected chi connectivity index (χ3v) is 3.08. The van der Waals surface area contributed by atoms with Crippen LogP contribution in [0.25, 0.3) is 0 Å². The molecule has 0 aliphatic rings. The van der Waals surface area contributed by atoms with Crippen LogP contribution in [0.5, 0.6) is 11.5 Å². The first kappa shape index (κ1) is 18.1. The number of rotatable bonds is 9. The van der Waals surface area contributed by atoms with Crippen molar-refractivity contribution in [3.8, 4) is 11.5 Å². The number of amides is 1. The number of carbonyl (C=O) groups excluding carboxylic acids is 1. The van der Waals surface area contributed by atoms with Gasteiger partial charge < -0.3 is 19.9 Å². The highest BCUT2D eigenvalue weighted by Gasteiger charge is 2.15. The molecule has 0 aliphatic carbocycles. The van der Waals surface area contributed by atoms with Crippen molar-refractivity contribution in [3.63, 3.8) is 0 Å². The zero-order valence-electron chi connectivity index (χ0n) is 12.6. The SMILES string of the molecule is CCCOc1c(Cl)cc(C(=O)NCCCC(=O)O)cc1OC. The topological polar surface area (TPSA) is 84.9 Å². The van der Waals surface area contributed by atoms with Gasteiger partial charge in [0.15, 0.2) is 11.5 Å². The monoisotopic (exact) mass is 329 g/mol. The lowest BCUT2D eigenvalue weighted by atomic mass is 10.2. The van der Waals surface area contributed by atoms with E-state index in [1.807, 2.05) is 6.92 Å². The summed E-state index contributed by atoms with van der Waals surface area (Å²) in [5.74, 6) is -0.436. The van der Waals surface area contributed by atoms with E-state index in [0.29, 0.717) is 35.1 Å². The summed E-state index contributed by atoms with van der Waals surface area (Å²) in [6.45, 7) is 2.75. The van der Waals surface area contributed by atoms with Gasteiger partial charge in [-0.3, -0.25) is 9.59 Å². The Labute approximate surface area is 134 Å². The molecule has 0 radical (unpaired) electrons. The van der Waals surface area contributed by atoms with Crippen LogP contribution in [0.15, 0.2) is 12.1 Å². The highest BCUT2D eigenvalue weighted by atomic mass is 35.5. The van der Waals surface area contributed by atoms with E-state index in [1.54, 1.807) is 6.07 Å². The fourth-order valence-electron chi connectivity index (χ4n) is 1.74. The van der Waals surface area contributed by atoms with Gasteiger partial charge in [0.05, 0.1) is 18.7 Å². The largest absolute Gasteiger partial charge is 0.493 e. The number of hydrogen-bond donors (Lipinski definition) is 2. The molecule has 0 spiro atoms. The molecule has 1 aromatic rings. The molecule has 0 fully saturated rings. The number of carboxylic acid groups (broad SMARTS) is 1. The van der Waals surface area contributed by atoms with Gasteiger partial charge in [0, 0.05) is 18.5 Å². The van der Waals surface area contributed by atoms with Crippen molar-refractivity contribution in [1.82, 2.24) is 5.32 Å². The third-order valence-electron chi connectivity index (χ3n) is 2.80. The van der Waals surface area contributed by atoms with E-state index < -0.39 is 5.97 Å². The fourth-order valence-corrected chi connectivity index (χ4v) is 2.00. The van der Waals surface area contributed by atoms with E-state index in [9.17, 15) is 9.59 Å². The lowest BCUT2D eigenvalue weighted by molar-refractivity contribution is -0.137. The van der Waals surface area contributed by atoms with E-state index in [2.05, 4.69) is 5.32 Å². The van der Waals surface area contributed by atoms with Gasteiger partial charge in [-0.05, 0) is 25.0 Å². The molecule has 7 heteroatoms. The Balaban J connectivity index is 2.76. The van der Waals surface area contributed by atoms with E-state index in [-0.39, 0.29) is 18.9 Å². The molecular formula is C15H20ClNO5. The van der Waals surface area contributed by atoms with Gasteiger partial charge >= 0.3 is 5.97 Å². The number of halogens is 1. The Morgan fingerprint density at radius 1 is 1.36 bits per heavy atom. The first-order valence-electron chi connectivity index (χ1n) is 6.99. The molecule has 0 bridgehead atoms. The van der Waals surface area contributed by atoms with Crippen LogP contribution in [0.2, 0.25) is 5.02 Å². The van der Waals surface area contributed by atoms with Crippen molar-refractivity contribution >= 4 is 23.5 Å². The number of benzene rings is 1. The Bertz CT molecular complexity index is 533. The second-order valence-corrected chi connectivity index (χ2v) is 5.00. The maximum absolute atomic E-state index is 12.0. The Morgan fingerprint density at radius 2 is 2.09 bits per heavy atom. The molecule has 1 amide bonds. The number of aliphatic carboxylic acids is 1. The molecule has 122 valence electrons. The first-order chi connectivity index (χ1) is 10.5. The van der Waals surface area contributed by atoms with Crippen LogP contribution >= 0.6 is 11.6 Å². The normalized spacial score (nSPS) is 10.1. The second-order valence-electron chi connectivity index (χ2n) is 4.59. The van der Waals surface area contributed by atoms with Gasteiger partial charge in [0.2, 0.25) is 0 Å². The molecule has 0 atom stereocenters. The highest BCUT2D eigenvalue weighted by molar-refractivity contribution is 6.32. The number of carbonyl (C=O) groups is 2. The first-order valence-corrected chi connectivity index (χ1v) is 7.37. The molecule has 0 saturated heterocycles. The van der Waals surface area contributed by atoms with Gasteiger partial charge in [-0.2, -0.15) is 0 Å². The summed E-state index contributed by atoms with van der Waals surface area (Å²) in [5.41, 5.74) is 0.334. The second kappa shape index (κ2) is 9.15. The zero-order valence-corrected chi connectivity index (χ0v) is 13.4. The average molecular weight is 330 g/mol. The maximum Gasteiger partial charge on any atom is 0.303 e. The lowest BCUT2D eigenvalue weighted by Crippen LogP contribution is -2.25. The summed E-state index contributed by atoms with van der Waals surface area (Å²) >= 11 is 6.13. The van der Waals surface area contributed by atoms with E-state index in [0.717, 1.165) is 6.42 Å². The summed E-state index contributed by atoms with van der Waals surface area (Å²) in [4.78, 5) is 22.4. The zero-order chi connectivity index (χ0) is 16.5. The molecule has 0 aromatic heterocycles. The molecule has 6 nitrogen and oxygen atoms in total. The van der Waals surface area contributed by atoms with Gasteiger partial charge in [0.1, 0.15) is 0 Å². The van der Waals surface area contributed by atoms with Crippen LogP contribution in [0.4, 0.5) is 0 Å². The van der Waals surface area contributed by atoms with Crippen molar-refractivity contribution in [2.75, 3.05) is 20.3 Å². The summed E-state index contributed by atoms with van der Waals surface area (Å²) in [6.07, 6.45) is 1.20. The lowest BCUT2D eigenvalue weighted by Gasteiger charge is -2.13. The molecular weight excluding hydrogens is 310 g/mol. The Morgan fingerprint density at radius 3 is 2.68 bits per heavy atom. The number of ether oxygens (including phenoxy) is 2. The number of carboxylic acids is 1. The standard InChI is InChI=1S/C15H20ClNO5/c1-3-7-22-14-11(16)8-10(9-12(14)21-2)15(20)17-6-4-5-13(18)19/h8-9H,3-7H2,1-2H3,(H,17,20)(H,18,19). The minimum absolute atomic E-state index is 0.00809. The minimum Gasteiger partial charge on any atom is -0.493 e. The third kappa shape index (κ3) is 5.44. The fraction of sp³-hybridized carbons (Fsp3) is 0.467. The molecule has 0 aliphatic heterocycles. The van der Waals surface area contributed by atoms with E-state index >= 15 is 0 Å². The predicted octanol–water partition coefficient (Wildman–Crippen LogP) is 2.73. The average Bonchev–Trinajstić information content (AvgIpc) is 2.49. The molecule has 0 saturated carbocycles. The molecule has 2 N–H and O–H groups in total. The van der Waals surface area contributed by atoms with Gasteiger partial charge in [-0.25, -0.2) is 0 Å². The van der Waals surface area contributed by atoms with E-state index in [1.165, 1.54) is 13.2 Å². The van der Waals surface area contributed by atoms with Crippen molar-refractivity contribution in [2.45, 2.75) is 26.2 Å². The van der Waals surface area contributed by atoms with Gasteiger partial charge in [-0.15, -0.1) is 0 Å². The van der Waals surface area contributed by atoms with Crippen molar-refractivity contribution in [1.29, 1.82) is 0 Å². The van der Waals surface area contributed by atoms with Gasteiger partial charge in [-0.1, -0.05) is 18.5 Å². The van der Waals surface area contributed by atoms with Crippen molar-refractivity contribution < 1.29 is 24.2 Å². The molecule has 1 aromatic carbocycles. The maximum atomic E-state index is 12.0. The Kier molecular flexibility index (Phi) is 7.52.